The predicted octanol–water partition coefficient (Wildman–Crippen LogP) is 6.86. The van der Waals surface area contributed by atoms with Gasteiger partial charge in [0.2, 0.25) is 0 Å². The van der Waals surface area contributed by atoms with Crippen molar-refractivity contribution in [2.45, 2.75) is 26.7 Å². The Kier molecular flexibility index (Phi) is 7.91. The molecule has 0 aromatic heterocycles. The maximum absolute atomic E-state index is 14.1. The SMILES string of the molecule is Cc1cccc(CCN=C(N)c2cc(C(=O)O)c3c4ccc5c6c(ccc(c7ccc(C(=O)NCCc8cccc(C)c8)c2c73)c64)C(=O)NC5=O)c1. The van der Waals surface area contributed by atoms with Gasteiger partial charge in [0.1, 0.15) is 5.84 Å². The third kappa shape index (κ3) is 5.38. The van der Waals surface area contributed by atoms with Crippen molar-refractivity contribution in [3.8, 4) is 0 Å². The van der Waals surface area contributed by atoms with Crippen molar-refractivity contribution < 1.29 is 24.3 Å². The summed E-state index contributed by atoms with van der Waals surface area (Å²) in [7, 11) is 0. The van der Waals surface area contributed by atoms with Crippen molar-refractivity contribution >= 4 is 72.6 Å². The number of rotatable bonds is 9. The molecular weight excluding hydrogens is 652 g/mol. The number of nitrogens with two attached hydrogens (primary N) is 1. The average Bonchev–Trinajstić information content (AvgIpc) is 3.12. The van der Waals surface area contributed by atoms with Crippen LogP contribution in [0.15, 0.2) is 96.0 Å². The van der Waals surface area contributed by atoms with Gasteiger partial charge in [-0.1, -0.05) is 77.9 Å². The summed E-state index contributed by atoms with van der Waals surface area (Å²) < 4.78 is 0. The number of nitrogens with zero attached hydrogens (tertiary/aromatic N) is 1. The normalized spacial score (nSPS) is 13.0. The Morgan fingerprint density at radius 1 is 0.673 bits per heavy atom. The Morgan fingerprint density at radius 2 is 1.29 bits per heavy atom. The quantitative estimate of drug-likeness (QED) is 0.0429. The summed E-state index contributed by atoms with van der Waals surface area (Å²) in [5, 5.41) is 20.6. The van der Waals surface area contributed by atoms with Gasteiger partial charge < -0.3 is 16.2 Å². The lowest BCUT2D eigenvalue weighted by molar-refractivity contribution is 0.0697. The van der Waals surface area contributed by atoms with Gasteiger partial charge in [-0.05, 0) is 89.0 Å². The zero-order valence-electron chi connectivity index (χ0n) is 28.6. The number of hydrogen-bond acceptors (Lipinski definition) is 5. The highest BCUT2D eigenvalue weighted by molar-refractivity contribution is 6.41. The Hall–Kier alpha value is -6.61. The molecule has 0 saturated carbocycles. The van der Waals surface area contributed by atoms with E-state index in [1.165, 1.54) is 6.07 Å². The van der Waals surface area contributed by atoms with Crippen LogP contribution in [0.5, 0.6) is 0 Å². The van der Waals surface area contributed by atoms with Crippen LogP contribution in [-0.4, -0.2) is 47.7 Å². The summed E-state index contributed by atoms with van der Waals surface area (Å²) in [5.41, 5.74) is 12.5. The van der Waals surface area contributed by atoms with Crippen molar-refractivity contribution in [1.82, 2.24) is 10.6 Å². The molecule has 52 heavy (non-hydrogen) atoms. The molecule has 0 fully saturated rings. The predicted molar refractivity (Wildman–Crippen MR) is 204 cm³/mol. The molecule has 256 valence electrons. The van der Waals surface area contributed by atoms with Gasteiger partial charge in [0.25, 0.3) is 17.7 Å². The molecule has 1 heterocycles. The lowest BCUT2D eigenvalue weighted by Gasteiger charge is -2.23. The van der Waals surface area contributed by atoms with E-state index in [9.17, 15) is 24.3 Å². The molecule has 0 atom stereocenters. The largest absolute Gasteiger partial charge is 0.478 e. The summed E-state index contributed by atoms with van der Waals surface area (Å²) in [6.45, 7) is 4.78. The van der Waals surface area contributed by atoms with E-state index in [1.54, 1.807) is 30.3 Å². The van der Waals surface area contributed by atoms with E-state index >= 15 is 0 Å². The van der Waals surface area contributed by atoms with E-state index in [4.69, 9.17) is 10.7 Å². The van der Waals surface area contributed by atoms with Gasteiger partial charge in [-0.15, -0.1) is 0 Å². The molecule has 8 rings (SSSR count). The molecule has 7 aromatic rings. The van der Waals surface area contributed by atoms with Gasteiger partial charge in [-0.3, -0.25) is 24.7 Å². The molecule has 0 saturated heterocycles. The fourth-order valence-electron chi connectivity index (χ4n) is 7.72. The van der Waals surface area contributed by atoms with E-state index in [0.717, 1.165) is 22.3 Å². The van der Waals surface area contributed by atoms with Crippen LogP contribution in [0.1, 0.15) is 69.2 Å². The molecule has 0 radical (unpaired) electrons. The lowest BCUT2D eigenvalue weighted by Crippen LogP contribution is -2.34. The number of benzene rings is 7. The van der Waals surface area contributed by atoms with E-state index in [2.05, 4.69) is 22.8 Å². The second kappa shape index (κ2) is 12.6. The summed E-state index contributed by atoms with van der Waals surface area (Å²) in [5.74, 6) is -2.44. The molecular formula is C43H34N4O5. The molecule has 9 nitrogen and oxygen atoms in total. The number of aromatic carboxylic acids is 1. The van der Waals surface area contributed by atoms with Crippen LogP contribution < -0.4 is 16.4 Å². The standard InChI is InChI=1S/C43H34N4O5/c1-22-5-3-7-24(19-22)15-17-45-39(44)32-21-33(43(51)52)35-28-11-14-31-36-30(41(49)47-42(31)50)13-9-26(34(28)36)27-10-12-29(37(32)38(27)35)40(48)46-18-16-25-8-4-6-23(2)20-25/h3-14,19-21H,15-18H2,1-2H3,(H2,44,45)(H,46,48)(H,51,52)(H,47,49,50). The number of amides is 3. The lowest BCUT2D eigenvalue weighted by atomic mass is 9.81. The first-order valence-corrected chi connectivity index (χ1v) is 17.1. The number of carboxylic acid groups (broad SMARTS) is 1. The Labute approximate surface area is 298 Å². The summed E-state index contributed by atoms with van der Waals surface area (Å²) in [6, 6.07) is 28.1. The smallest absolute Gasteiger partial charge is 0.336 e. The Morgan fingerprint density at radius 3 is 1.94 bits per heavy atom. The highest BCUT2D eigenvalue weighted by atomic mass is 16.4. The van der Waals surface area contributed by atoms with E-state index < -0.39 is 17.8 Å². The second-order valence-corrected chi connectivity index (χ2v) is 13.4. The molecule has 1 aliphatic rings. The number of carbonyl (C=O) groups is 4. The number of carbonyl (C=O) groups excluding carboxylic acids is 3. The van der Waals surface area contributed by atoms with Crippen molar-refractivity contribution in [2.75, 3.05) is 13.1 Å². The van der Waals surface area contributed by atoms with Crippen LogP contribution in [-0.2, 0) is 12.8 Å². The summed E-state index contributed by atoms with van der Waals surface area (Å²) in [6.07, 6.45) is 1.24. The number of aryl methyl sites for hydroxylation is 2. The summed E-state index contributed by atoms with van der Waals surface area (Å²) in [4.78, 5) is 57.9. The molecule has 9 heteroatoms. The first kappa shape index (κ1) is 32.6. The number of amidine groups is 1. The van der Waals surface area contributed by atoms with Crippen LogP contribution in [0.25, 0.3) is 43.1 Å². The third-order valence-electron chi connectivity index (χ3n) is 10.0. The van der Waals surface area contributed by atoms with Gasteiger partial charge in [-0.2, -0.15) is 0 Å². The van der Waals surface area contributed by atoms with Gasteiger partial charge in [0.15, 0.2) is 0 Å². The monoisotopic (exact) mass is 686 g/mol. The number of hydrogen-bond donors (Lipinski definition) is 4. The Bertz CT molecular complexity index is 2690. The van der Waals surface area contributed by atoms with E-state index in [-0.39, 0.29) is 17.3 Å². The van der Waals surface area contributed by atoms with Gasteiger partial charge in [0.05, 0.1) is 5.56 Å². The molecule has 3 amide bonds. The number of nitrogens with one attached hydrogen (secondary N) is 2. The maximum atomic E-state index is 14.1. The molecule has 7 aromatic carbocycles. The van der Waals surface area contributed by atoms with Crippen molar-refractivity contribution in [3.05, 3.63) is 141 Å². The topological polar surface area (TPSA) is 151 Å². The molecule has 0 bridgehead atoms. The van der Waals surface area contributed by atoms with Crippen LogP contribution in [0.4, 0.5) is 0 Å². The number of fused-ring (bicyclic) bond motifs is 2. The van der Waals surface area contributed by atoms with Crippen molar-refractivity contribution in [1.29, 1.82) is 0 Å². The second-order valence-electron chi connectivity index (χ2n) is 13.4. The number of carboxylic acids is 1. The minimum absolute atomic E-state index is 0.0319. The highest BCUT2D eigenvalue weighted by Crippen LogP contribution is 2.46. The van der Waals surface area contributed by atoms with Gasteiger partial charge in [-0.25, -0.2) is 4.79 Å². The molecule has 0 spiro atoms. The van der Waals surface area contributed by atoms with Gasteiger partial charge in [0, 0.05) is 51.5 Å². The van der Waals surface area contributed by atoms with E-state index in [0.29, 0.717) is 91.3 Å². The Balaban J connectivity index is 1.36. The molecule has 5 N–H and O–H groups in total. The number of imide groups is 1. The zero-order valence-corrected chi connectivity index (χ0v) is 28.6. The minimum Gasteiger partial charge on any atom is -0.478 e. The fourth-order valence-corrected chi connectivity index (χ4v) is 7.72. The fraction of sp³-hybridized carbons (Fsp3) is 0.140. The third-order valence-corrected chi connectivity index (χ3v) is 10.0. The minimum atomic E-state index is -1.19. The first-order chi connectivity index (χ1) is 25.1. The molecule has 0 aliphatic carbocycles. The van der Waals surface area contributed by atoms with Crippen LogP contribution in [0.3, 0.4) is 0 Å². The van der Waals surface area contributed by atoms with Crippen LogP contribution >= 0.6 is 0 Å². The molecule has 1 aliphatic heterocycles. The summed E-state index contributed by atoms with van der Waals surface area (Å²) >= 11 is 0. The zero-order chi connectivity index (χ0) is 36.3. The molecule has 0 unspecified atom stereocenters. The van der Waals surface area contributed by atoms with Gasteiger partial charge >= 0.3 is 5.97 Å². The maximum Gasteiger partial charge on any atom is 0.336 e. The van der Waals surface area contributed by atoms with Crippen LogP contribution in [0.2, 0.25) is 0 Å². The first-order valence-electron chi connectivity index (χ1n) is 17.1. The highest BCUT2D eigenvalue weighted by Gasteiger charge is 2.30. The van der Waals surface area contributed by atoms with Crippen LogP contribution in [0, 0.1) is 13.8 Å². The number of aliphatic imine (C=N–C) groups is 1. The van der Waals surface area contributed by atoms with Crippen molar-refractivity contribution in [2.24, 2.45) is 10.7 Å². The van der Waals surface area contributed by atoms with Crippen molar-refractivity contribution in [3.63, 3.8) is 0 Å². The van der Waals surface area contributed by atoms with E-state index in [1.807, 2.05) is 56.3 Å². The average molecular weight is 687 g/mol.